The van der Waals surface area contributed by atoms with Crippen LogP contribution in [-0.4, -0.2) is 22.4 Å². The fourth-order valence-electron chi connectivity index (χ4n) is 3.77. The molecule has 1 fully saturated rings. The molecule has 2 N–H and O–H groups in total. The summed E-state index contributed by atoms with van der Waals surface area (Å²) in [6.45, 7) is 0. The summed E-state index contributed by atoms with van der Waals surface area (Å²) in [5.41, 5.74) is 0.136. The standard InChI is InChI=1S/C23H20F6N4O/c24-16-9-10-17(21(26)20(16)25)31-19-12-18(13-5-4-8-15(11-13)34-23(27,28)29)32-22(33-19)30-14-6-2-1-3-7-14/h4-5,8-12,14H,1-3,6-7H2,(H2,30,31,32,33). The van der Waals surface area contributed by atoms with E-state index in [2.05, 4.69) is 25.3 Å². The number of halogens is 6. The van der Waals surface area contributed by atoms with Crippen molar-refractivity contribution < 1.29 is 31.1 Å². The number of hydrogen-bond donors (Lipinski definition) is 2. The van der Waals surface area contributed by atoms with E-state index in [-0.39, 0.29) is 34.8 Å². The zero-order chi connectivity index (χ0) is 24.3. The van der Waals surface area contributed by atoms with Crippen LogP contribution in [0, 0.1) is 17.5 Å². The smallest absolute Gasteiger partial charge is 0.406 e. The Balaban J connectivity index is 1.70. The molecule has 4 rings (SSSR count). The molecule has 0 radical (unpaired) electrons. The van der Waals surface area contributed by atoms with E-state index >= 15 is 0 Å². The van der Waals surface area contributed by atoms with E-state index in [1.165, 1.54) is 18.2 Å². The summed E-state index contributed by atoms with van der Waals surface area (Å²) in [5, 5.41) is 5.80. The van der Waals surface area contributed by atoms with E-state index in [0.29, 0.717) is 0 Å². The minimum Gasteiger partial charge on any atom is -0.406 e. The molecular weight excluding hydrogens is 462 g/mol. The van der Waals surface area contributed by atoms with Crippen LogP contribution in [0.4, 0.5) is 43.8 Å². The molecule has 1 saturated carbocycles. The fourth-order valence-corrected chi connectivity index (χ4v) is 3.77. The Morgan fingerprint density at radius 2 is 1.65 bits per heavy atom. The van der Waals surface area contributed by atoms with Crippen LogP contribution >= 0.6 is 0 Å². The van der Waals surface area contributed by atoms with E-state index in [9.17, 15) is 26.3 Å². The molecule has 0 aliphatic heterocycles. The van der Waals surface area contributed by atoms with Crippen LogP contribution in [0.25, 0.3) is 11.3 Å². The molecule has 1 heterocycles. The van der Waals surface area contributed by atoms with Crippen LogP contribution in [0.1, 0.15) is 32.1 Å². The lowest BCUT2D eigenvalue weighted by atomic mass is 9.96. The van der Waals surface area contributed by atoms with Gasteiger partial charge < -0.3 is 15.4 Å². The van der Waals surface area contributed by atoms with Crippen LogP contribution in [0.15, 0.2) is 42.5 Å². The van der Waals surface area contributed by atoms with Crippen LogP contribution < -0.4 is 15.4 Å². The van der Waals surface area contributed by atoms with Gasteiger partial charge in [0.1, 0.15) is 11.6 Å². The lowest BCUT2D eigenvalue weighted by molar-refractivity contribution is -0.274. The molecule has 1 aliphatic carbocycles. The first-order chi connectivity index (χ1) is 16.2. The molecule has 0 spiro atoms. The molecule has 0 amide bonds. The SMILES string of the molecule is Fc1ccc(Nc2cc(-c3cccc(OC(F)(F)F)c3)nc(NC3CCCCC3)n2)c(F)c1F. The quantitative estimate of drug-likeness (QED) is 0.294. The molecule has 0 atom stereocenters. The normalized spacial score (nSPS) is 14.6. The summed E-state index contributed by atoms with van der Waals surface area (Å²) in [6.07, 6.45) is 0.0903. The lowest BCUT2D eigenvalue weighted by Gasteiger charge is -2.23. The number of anilines is 3. The zero-order valence-electron chi connectivity index (χ0n) is 17.7. The predicted octanol–water partition coefficient (Wildman–Crippen LogP) is 6.95. The largest absolute Gasteiger partial charge is 0.573 e. The van der Waals surface area contributed by atoms with Gasteiger partial charge in [0, 0.05) is 17.7 Å². The molecule has 0 bridgehead atoms. The van der Waals surface area contributed by atoms with Crippen LogP contribution in [-0.2, 0) is 0 Å². The number of alkyl halides is 3. The van der Waals surface area contributed by atoms with Crippen LogP contribution in [0.3, 0.4) is 0 Å². The van der Waals surface area contributed by atoms with E-state index < -0.39 is 29.6 Å². The van der Waals surface area contributed by atoms with Crippen molar-refractivity contribution in [2.24, 2.45) is 0 Å². The second kappa shape index (κ2) is 9.78. The summed E-state index contributed by atoms with van der Waals surface area (Å²) in [7, 11) is 0. The molecule has 2 aromatic carbocycles. The predicted molar refractivity (Wildman–Crippen MR) is 114 cm³/mol. The van der Waals surface area contributed by atoms with Crippen LogP contribution in [0.2, 0.25) is 0 Å². The third-order valence-corrected chi connectivity index (χ3v) is 5.33. The number of benzene rings is 2. The van der Waals surface area contributed by atoms with Crippen molar-refractivity contribution in [3.8, 4) is 17.0 Å². The molecule has 180 valence electrons. The number of rotatable bonds is 6. The van der Waals surface area contributed by atoms with Crippen molar-refractivity contribution in [1.82, 2.24) is 9.97 Å². The first-order valence-corrected chi connectivity index (χ1v) is 10.6. The maximum absolute atomic E-state index is 14.2. The number of aromatic nitrogens is 2. The summed E-state index contributed by atoms with van der Waals surface area (Å²) in [4.78, 5) is 8.70. The number of hydrogen-bond acceptors (Lipinski definition) is 5. The molecule has 34 heavy (non-hydrogen) atoms. The highest BCUT2D eigenvalue weighted by atomic mass is 19.4. The Labute approximate surface area is 191 Å². The monoisotopic (exact) mass is 482 g/mol. The van der Waals surface area contributed by atoms with Crippen molar-refractivity contribution in [3.05, 3.63) is 59.9 Å². The molecule has 1 aliphatic rings. The second-order valence-electron chi connectivity index (χ2n) is 7.86. The van der Waals surface area contributed by atoms with Crippen molar-refractivity contribution in [2.45, 2.75) is 44.5 Å². The summed E-state index contributed by atoms with van der Waals surface area (Å²) < 4.78 is 83.1. The van der Waals surface area contributed by atoms with Gasteiger partial charge in [-0.3, -0.25) is 0 Å². The van der Waals surface area contributed by atoms with Crippen molar-refractivity contribution in [2.75, 3.05) is 10.6 Å². The average molecular weight is 482 g/mol. The maximum atomic E-state index is 14.2. The van der Waals surface area contributed by atoms with E-state index in [1.807, 2.05) is 0 Å². The molecular formula is C23H20F6N4O. The van der Waals surface area contributed by atoms with Crippen LogP contribution in [0.5, 0.6) is 5.75 Å². The average Bonchev–Trinajstić information content (AvgIpc) is 2.79. The minimum absolute atomic E-state index is 0.0374. The summed E-state index contributed by atoms with van der Waals surface area (Å²) >= 11 is 0. The van der Waals surface area contributed by atoms with Gasteiger partial charge in [0.25, 0.3) is 0 Å². The van der Waals surface area contributed by atoms with Gasteiger partial charge in [0.2, 0.25) is 5.95 Å². The minimum atomic E-state index is -4.87. The van der Waals surface area contributed by atoms with E-state index in [4.69, 9.17) is 0 Å². The summed E-state index contributed by atoms with van der Waals surface area (Å²) in [5.74, 6) is -4.65. The topological polar surface area (TPSA) is 59.1 Å². The molecule has 0 saturated heterocycles. The molecule has 0 unspecified atom stereocenters. The highest BCUT2D eigenvalue weighted by molar-refractivity contribution is 5.68. The van der Waals surface area contributed by atoms with Gasteiger partial charge in [0.15, 0.2) is 17.5 Å². The van der Waals surface area contributed by atoms with Gasteiger partial charge in [-0.05, 0) is 37.1 Å². The number of nitrogens with one attached hydrogen (secondary N) is 2. The van der Waals surface area contributed by atoms with Gasteiger partial charge in [-0.2, -0.15) is 4.98 Å². The number of nitrogens with zero attached hydrogens (tertiary/aromatic N) is 2. The van der Waals surface area contributed by atoms with Crippen molar-refractivity contribution in [1.29, 1.82) is 0 Å². The van der Waals surface area contributed by atoms with Crippen molar-refractivity contribution >= 4 is 17.5 Å². The van der Waals surface area contributed by atoms with Gasteiger partial charge in [-0.25, -0.2) is 18.2 Å². The molecule has 5 nitrogen and oxygen atoms in total. The Bertz CT molecular complexity index is 1160. The molecule has 3 aromatic rings. The fraction of sp³-hybridized carbons (Fsp3) is 0.304. The highest BCUT2D eigenvalue weighted by Gasteiger charge is 2.31. The first kappa shape index (κ1) is 23.7. The van der Waals surface area contributed by atoms with Gasteiger partial charge in [-0.15, -0.1) is 13.2 Å². The van der Waals surface area contributed by atoms with Gasteiger partial charge in [-0.1, -0.05) is 31.4 Å². The van der Waals surface area contributed by atoms with E-state index in [1.54, 1.807) is 0 Å². The Hall–Kier alpha value is -3.50. The Morgan fingerprint density at radius 3 is 2.38 bits per heavy atom. The Morgan fingerprint density at radius 1 is 0.882 bits per heavy atom. The van der Waals surface area contributed by atoms with Gasteiger partial charge >= 0.3 is 6.36 Å². The lowest BCUT2D eigenvalue weighted by Crippen LogP contribution is -2.23. The highest BCUT2D eigenvalue weighted by Crippen LogP contribution is 2.31. The van der Waals surface area contributed by atoms with Crippen molar-refractivity contribution in [3.63, 3.8) is 0 Å². The summed E-state index contributed by atoms with van der Waals surface area (Å²) in [6, 6.07) is 8.43. The first-order valence-electron chi connectivity index (χ1n) is 10.6. The van der Waals surface area contributed by atoms with Gasteiger partial charge in [0.05, 0.1) is 11.4 Å². The molecule has 11 heteroatoms. The molecule has 1 aromatic heterocycles. The third kappa shape index (κ3) is 5.89. The number of ether oxygens (including phenoxy) is 1. The van der Waals surface area contributed by atoms with E-state index in [0.717, 1.165) is 56.4 Å². The zero-order valence-corrected chi connectivity index (χ0v) is 17.7. The second-order valence-corrected chi connectivity index (χ2v) is 7.86. The third-order valence-electron chi connectivity index (χ3n) is 5.33. The Kier molecular flexibility index (Phi) is 6.80. The maximum Gasteiger partial charge on any atom is 0.573 e.